The first-order valence-electron chi connectivity index (χ1n) is 8.66. The van der Waals surface area contributed by atoms with E-state index in [2.05, 4.69) is 5.32 Å². The molecular weight excluding hydrogens is 326 g/mol. The summed E-state index contributed by atoms with van der Waals surface area (Å²) in [5.41, 5.74) is 3.73. The summed E-state index contributed by atoms with van der Waals surface area (Å²) in [5.74, 6) is -0.360. The molecule has 2 amide bonds. The van der Waals surface area contributed by atoms with Gasteiger partial charge in [-0.3, -0.25) is 9.59 Å². The van der Waals surface area contributed by atoms with E-state index in [0.29, 0.717) is 12.1 Å². The van der Waals surface area contributed by atoms with Crippen molar-refractivity contribution in [3.63, 3.8) is 0 Å². The molecule has 1 atom stereocenters. The summed E-state index contributed by atoms with van der Waals surface area (Å²) in [6.45, 7) is 4.14. The highest BCUT2D eigenvalue weighted by atomic mass is 16.2. The molecule has 0 aromatic heterocycles. The van der Waals surface area contributed by atoms with Crippen LogP contribution in [-0.4, -0.2) is 43.9 Å². The number of likely N-dealkylation sites (N-methyl/N-ethyl adjacent to an activating group) is 1. The lowest BCUT2D eigenvalue weighted by molar-refractivity contribution is -0.132. The standard InChI is InChI=1S/C21H27N3O2/c1-15-7-6-8-18(13-15)20(25)22-16(2)21(26)24(5)14-17-9-11-19(12-10-17)23(3)4/h6-13,16H,14H2,1-5H3,(H,22,25). The fraction of sp³-hybridized carbons (Fsp3) is 0.333. The third-order valence-corrected chi connectivity index (χ3v) is 4.25. The number of amides is 2. The van der Waals surface area contributed by atoms with Gasteiger partial charge in [-0.1, -0.05) is 29.8 Å². The number of benzene rings is 2. The highest BCUT2D eigenvalue weighted by molar-refractivity contribution is 5.97. The lowest BCUT2D eigenvalue weighted by Gasteiger charge is -2.22. The minimum Gasteiger partial charge on any atom is -0.378 e. The van der Waals surface area contributed by atoms with E-state index in [0.717, 1.165) is 16.8 Å². The van der Waals surface area contributed by atoms with Gasteiger partial charge in [-0.05, 0) is 43.7 Å². The van der Waals surface area contributed by atoms with E-state index in [9.17, 15) is 9.59 Å². The van der Waals surface area contributed by atoms with Gasteiger partial charge in [-0.25, -0.2) is 0 Å². The van der Waals surface area contributed by atoms with Crippen molar-refractivity contribution >= 4 is 17.5 Å². The van der Waals surface area contributed by atoms with Gasteiger partial charge >= 0.3 is 0 Å². The molecule has 2 rings (SSSR count). The Hall–Kier alpha value is -2.82. The zero-order valence-electron chi connectivity index (χ0n) is 16.1. The van der Waals surface area contributed by atoms with Crippen molar-refractivity contribution in [2.75, 3.05) is 26.0 Å². The van der Waals surface area contributed by atoms with Crippen LogP contribution >= 0.6 is 0 Å². The van der Waals surface area contributed by atoms with Crippen molar-refractivity contribution in [1.82, 2.24) is 10.2 Å². The van der Waals surface area contributed by atoms with Gasteiger partial charge in [-0.2, -0.15) is 0 Å². The molecule has 26 heavy (non-hydrogen) atoms. The summed E-state index contributed by atoms with van der Waals surface area (Å²) in [5, 5.41) is 2.78. The number of carbonyl (C=O) groups is 2. The van der Waals surface area contributed by atoms with E-state index >= 15 is 0 Å². The van der Waals surface area contributed by atoms with Gasteiger partial charge < -0.3 is 15.1 Å². The molecule has 0 spiro atoms. The van der Waals surface area contributed by atoms with Gasteiger partial charge in [0.2, 0.25) is 5.91 Å². The van der Waals surface area contributed by atoms with Crippen molar-refractivity contribution in [2.45, 2.75) is 26.4 Å². The minimum absolute atomic E-state index is 0.123. The maximum atomic E-state index is 12.6. The molecule has 0 saturated heterocycles. The third-order valence-electron chi connectivity index (χ3n) is 4.25. The van der Waals surface area contributed by atoms with Crippen LogP contribution in [0.25, 0.3) is 0 Å². The molecule has 5 nitrogen and oxygen atoms in total. The first-order chi connectivity index (χ1) is 12.3. The Labute approximate surface area is 155 Å². The molecule has 0 aliphatic rings. The summed E-state index contributed by atoms with van der Waals surface area (Å²) in [6.07, 6.45) is 0. The number of carbonyl (C=O) groups excluding carboxylic acids is 2. The molecule has 138 valence electrons. The number of hydrogen-bond acceptors (Lipinski definition) is 3. The van der Waals surface area contributed by atoms with Crippen molar-refractivity contribution in [2.24, 2.45) is 0 Å². The maximum Gasteiger partial charge on any atom is 0.251 e. The van der Waals surface area contributed by atoms with Crippen LogP contribution in [0.1, 0.15) is 28.4 Å². The van der Waals surface area contributed by atoms with Gasteiger partial charge in [0.1, 0.15) is 6.04 Å². The molecule has 0 radical (unpaired) electrons. The number of nitrogens with zero attached hydrogens (tertiary/aromatic N) is 2. The molecule has 5 heteroatoms. The molecule has 2 aromatic rings. The summed E-state index contributed by atoms with van der Waals surface area (Å²) in [6, 6.07) is 14.8. The molecule has 1 unspecified atom stereocenters. The predicted molar refractivity (Wildman–Crippen MR) is 105 cm³/mol. The zero-order chi connectivity index (χ0) is 19.3. The third kappa shape index (κ3) is 5.09. The molecule has 0 bridgehead atoms. The van der Waals surface area contributed by atoms with Crippen LogP contribution < -0.4 is 10.2 Å². The number of rotatable bonds is 6. The van der Waals surface area contributed by atoms with E-state index in [-0.39, 0.29) is 11.8 Å². The zero-order valence-corrected chi connectivity index (χ0v) is 16.1. The monoisotopic (exact) mass is 353 g/mol. The Morgan fingerprint density at radius 2 is 1.69 bits per heavy atom. The van der Waals surface area contributed by atoms with Gasteiger partial charge in [-0.15, -0.1) is 0 Å². The summed E-state index contributed by atoms with van der Waals surface area (Å²) < 4.78 is 0. The first-order valence-corrected chi connectivity index (χ1v) is 8.66. The Bertz CT molecular complexity index is 769. The van der Waals surface area contributed by atoms with Crippen LogP contribution in [0.3, 0.4) is 0 Å². The molecule has 0 fully saturated rings. The van der Waals surface area contributed by atoms with Crippen LogP contribution in [-0.2, 0) is 11.3 Å². The van der Waals surface area contributed by atoms with E-state index in [1.807, 2.05) is 68.4 Å². The lowest BCUT2D eigenvalue weighted by atomic mass is 10.1. The Morgan fingerprint density at radius 1 is 1.04 bits per heavy atom. The molecule has 0 aliphatic heterocycles. The fourth-order valence-electron chi connectivity index (χ4n) is 2.71. The normalized spacial score (nSPS) is 11.6. The van der Waals surface area contributed by atoms with Gasteiger partial charge in [0, 0.05) is 38.9 Å². The fourth-order valence-corrected chi connectivity index (χ4v) is 2.71. The van der Waals surface area contributed by atoms with Gasteiger partial charge in [0.05, 0.1) is 0 Å². The average molecular weight is 353 g/mol. The predicted octanol–water partition coefficient (Wildman–Crippen LogP) is 2.84. The van der Waals surface area contributed by atoms with Crippen molar-refractivity contribution < 1.29 is 9.59 Å². The van der Waals surface area contributed by atoms with Crippen LogP contribution in [0.5, 0.6) is 0 Å². The number of hydrogen-bond donors (Lipinski definition) is 1. The summed E-state index contributed by atoms with van der Waals surface area (Å²) >= 11 is 0. The number of anilines is 1. The van der Waals surface area contributed by atoms with E-state index in [1.165, 1.54) is 0 Å². The number of nitrogens with one attached hydrogen (secondary N) is 1. The van der Waals surface area contributed by atoms with Crippen LogP contribution in [0.15, 0.2) is 48.5 Å². The van der Waals surface area contributed by atoms with E-state index < -0.39 is 6.04 Å². The first kappa shape index (κ1) is 19.5. The maximum absolute atomic E-state index is 12.6. The Balaban J connectivity index is 1.95. The molecule has 0 saturated carbocycles. The van der Waals surface area contributed by atoms with Gasteiger partial charge in [0.25, 0.3) is 5.91 Å². The Morgan fingerprint density at radius 3 is 2.27 bits per heavy atom. The van der Waals surface area contributed by atoms with Crippen LogP contribution in [0.4, 0.5) is 5.69 Å². The quantitative estimate of drug-likeness (QED) is 0.869. The lowest BCUT2D eigenvalue weighted by Crippen LogP contribution is -2.45. The second-order valence-electron chi connectivity index (χ2n) is 6.82. The molecule has 1 N–H and O–H groups in total. The van der Waals surface area contributed by atoms with E-state index in [4.69, 9.17) is 0 Å². The second-order valence-corrected chi connectivity index (χ2v) is 6.82. The molecule has 0 heterocycles. The molecule has 2 aromatic carbocycles. The second kappa shape index (κ2) is 8.52. The number of aryl methyl sites for hydroxylation is 1. The highest BCUT2D eigenvalue weighted by Crippen LogP contribution is 2.13. The largest absolute Gasteiger partial charge is 0.378 e. The molecule has 0 aliphatic carbocycles. The Kier molecular flexibility index (Phi) is 6.39. The van der Waals surface area contributed by atoms with Crippen molar-refractivity contribution in [1.29, 1.82) is 0 Å². The minimum atomic E-state index is -0.589. The SMILES string of the molecule is Cc1cccc(C(=O)NC(C)C(=O)N(C)Cc2ccc(N(C)C)cc2)c1. The van der Waals surface area contributed by atoms with Crippen LogP contribution in [0, 0.1) is 6.92 Å². The van der Waals surface area contributed by atoms with Gasteiger partial charge in [0.15, 0.2) is 0 Å². The van der Waals surface area contributed by atoms with Crippen LogP contribution in [0.2, 0.25) is 0 Å². The molecular formula is C21H27N3O2. The summed E-state index contributed by atoms with van der Waals surface area (Å²) in [4.78, 5) is 28.5. The summed E-state index contributed by atoms with van der Waals surface area (Å²) in [7, 11) is 5.73. The topological polar surface area (TPSA) is 52.7 Å². The highest BCUT2D eigenvalue weighted by Gasteiger charge is 2.20. The van der Waals surface area contributed by atoms with Crippen molar-refractivity contribution in [3.05, 3.63) is 65.2 Å². The van der Waals surface area contributed by atoms with E-state index in [1.54, 1.807) is 24.9 Å². The smallest absolute Gasteiger partial charge is 0.251 e. The average Bonchev–Trinajstić information content (AvgIpc) is 2.61. The van der Waals surface area contributed by atoms with Crippen molar-refractivity contribution in [3.8, 4) is 0 Å².